The predicted octanol–water partition coefficient (Wildman–Crippen LogP) is 1.75. The van der Waals surface area contributed by atoms with Crippen molar-refractivity contribution in [3.63, 3.8) is 0 Å². The number of fused-ring (bicyclic) bond motifs is 2. The average Bonchev–Trinajstić information content (AvgIpc) is 2.13. The zero-order valence-electron chi connectivity index (χ0n) is 10.5. The van der Waals surface area contributed by atoms with Crippen LogP contribution in [0.5, 0.6) is 0 Å². The van der Waals surface area contributed by atoms with Crippen molar-refractivity contribution in [2.24, 2.45) is 0 Å². The number of piperazine rings is 1. The summed E-state index contributed by atoms with van der Waals surface area (Å²) in [5.74, 6) is 0. The Labute approximate surface area is 97.3 Å². The lowest BCUT2D eigenvalue weighted by atomic mass is 9.93. The van der Waals surface area contributed by atoms with Crippen molar-refractivity contribution in [1.82, 2.24) is 10.2 Å². The summed E-state index contributed by atoms with van der Waals surface area (Å²) in [4.78, 5) is 14.1. The Morgan fingerprint density at radius 1 is 1.25 bits per heavy atom. The maximum absolute atomic E-state index is 12.1. The molecule has 2 rings (SSSR count). The lowest BCUT2D eigenvalue weighted by Crippen LogP contribution is -2.62. The second kappa shape index (κ2) is 4.24. The number of nitrogens with one attached hydrogen (secondary N) is 1. The molecule has 2 bridgehead atoms. The number of hydrogen-bond donors (Lipinski definition) is 1. The van der Waals surface area contributed by atoms with Gasteiger partial charge in [-0.1, -0.05) is 0 Å². The number of hydrogen-bond acceptors (Lipinski definition) is 3. The highest BCUT2D eigenvalue weighted by Crippen LogP contribution is 2.27. The second-order valence-electron chi connectivity index (χ2n) is 5.78. The van der Waals surface area contributed by atoms with E-state index in [0.29, 0.717) is 12.1 Å². The number of carbonyl (C=O) groups excluding carboxylic acids is 1. The fourth-order valence-electron chi connectivity index (χ4n) is 2.60. The van der Waals surface area contributed by atoms with Crippen molar-refractivity contribution in [3.05, 3.63) is 0 Å². The zero-order valence-corrected chi connectivity index (χ0v) is 10.5. The van der Waals surface area contributed by atoms with E-state index in [1.54, 1.807) is 0 Å². The zero-order chi connectivity index (χ0) is 11.8. The van der Waals surface area contributed by atoms with Gasteiger partial charge >= 0.3 is 6.09 Å². The summed E-state index contributed by atoms with van der Waals surface area (Å²) >= 11 is 0. The first-order valence-corrected chi connectivity index (χ1v) is 6.19. The molecule has 16 heavy (non-hydrogen) atoms. The predicted molar refractivity (Wildman–Crippen MR) is 62.4 cm³/mol. The van der Waals surface area contributed by atoms with Gasteiger partial charge in [0.1, 0.15) is 5.60 Å². The van der Waals surface area contributed by atoms with E-state index in [1.165, 1.54) is 6.42 Å². The molecule has 2 heterocycles. The second-order valence-corrected chi connectivity index (χ2v) is 5.78. The van der Waals surface area contributed by atoms with Crippen LogP contribution >= 0.6 is 0 Å². The lowest BCUT2D eigenvalue weighted by molar-refractivity contribution is -0.0135. The summed E-state index contributed by atoms with van der Waals surface area (Å²) < 4.78 is 5.47. The summed E-state index contributed by atoms with van der Waals surface area (Å²) in [6.07, 6.45) is 3.30. The molecular formula is C12H22N2O2. The van der Waals surface area contributed by atoms with Crippen LogP contribution < -0.4 is 5.32 Å². The molecule has 92 valence electrons. The standard InChI is InChI=1S/C12H22N2O2/c1-12(2,3)16-11(15)14-9-5-4-6-10(14)8-13-7-9/h9-10,13H,4-8H2,1-3H3/t9-,10-/m0/s1. The smallest absolute Gasteiger partial charge is 0.410 e. The maximum atomic E-state index is 12.1. The molecule has 0 aromatic heterocycles. The van der Waals surface area contributed by atoms with Gasteiger partial charge in [-0.3, -0.25) is 4.90 Å². The van der Waals surface area contributed by atoms with Gasteiger partial charge in [0.05, 0.1) is 0 Å². The molecule has 1 amide bonds. The van der Waals surface area contributed by atoms with Crippen LogP contribution in [0.25, 0.3) is 0 Å². The van der Waals surface area contributed by atoms with Crippen LogP contribution in [0.4, 0.5) is 4.79 Å². The van der Waals surface area contributed by atoms with E-state index in [-0.39, 0.29) is 6.09 Å². The van der Waals surface area contributed by atoms with E-state index < -0.39 is 5.60 Å². The average molecular weight is 226 g/mol. The van der Waals surface area contributed by atoms with Gasteiger partial charge in [0, 0.05) is 25.2 Å². The van der Waals surface area contributed by atoms with Crippen LogP contribution in [0.3, 0.4) is 0 Å². The summed E-state index contributed by atoms with van der Waals surface area (Å²) in [5, 5.41) is 3.39. The van der Waals surface area contributed by atoms with Crippen LogP contribution in [0, 0.1) is 0 Å². The van der Waals surface area contributed by atoms with Crippen molar-refractivity contribution in [2.75, 3.05) is 13.1 Å². The molecule has 2 atom stereocenters. The highest BCUT2D eigenvalue weighted by Gasteiger charge is 2.38. The van der Waals surface area contributed by atoms with E-state index in [1.807, 2.05) is 25.7 Å². The van der Waals surface area contributed by atoms with E-state index >= 15 is 0 Å². The molecule has 2 fully saturated rings. The fourth-order valence-corrected chi connectivity index (χ4v) is 2.60. The molecule has 0 unspecified atom stereocenters. The fraction of sp³-hybridized carbons (Fsp3) is 0.917. The van der Waals surface area contributed by atoms with Crippen molar-refractivity contribution >= 4 is 6.09 Å². The van der Waals surface area contributed by atoms with Gasteiger partial charge in [-0.15, -0.1) is 0 Å². The van der Waals surface area contributed by atoms with Gasteiger partial charge in [0.25, 0.3) is 0 Å². The van der Waals surface area contributed by atoms with Gasteiger partial charge in [-0.25, -0.2) is 4.79 Å². The number of nitrogens with zero attached hydrogens (tertiary/aromatic N) is 1. The SMILES string of the molecule is CC(C)(C)OC(=O)N1[C@H]2CCC[C@H]1CNC2. The third-order valence-corrected chi connectivity index (χ3v) is 3.23. The number of rotatable bonds is 0. The Balaban J connectivity index is 2.04. The molecule has 0 aliphatic carbocycles. The minimum absolute atomic E-state index is 0.135. The van der Waals surface area contributed by atoms with Gasteiger partial charge in [0.2, 0.25) is 0 Å². The molecule has 2 aliphatic rings. The molecule has 4 heteroatoms. The molecule has 0 aromatic rings. The molecule has 1 N–H and O–H groups in total. The van der Waals surface area contributed by atoms with Crippen LogP contribution in [0.1, 0.15) is 40.0 Å². The van der Waals surface area contributed by atoms with E-state index in [9.17, 15) is 4.79 Å². The Bertz CT molecular complexity index is 251. The molecule has 0 radical (unpaired) electrons. The van der Waals surface area contributed by atoms with Crippen molar-refractivity contribution in [1.29, 1.82) is 0 Å². The van der Waals surface area contributed by atoms with Crippen LogP contribution in [-0.2, 0) is 4.74 Å². The van der Waals surface area contributed by atoms with E-state index in [2.05, 4.69) is 5.32 Å². The number of ether oxygens (including phenoxy) is 1. The third-order valence-electron chi connectivity index (χ3n) is 3.23. The number of piperidine rings is 1. The Hall–Kier alpha value is -0.770. The normalized spacial score (nSPS) is 30.1. The quantitative estimate of drug-likeness (QED) is 0.684. The molecule has 0 spiro atoms. The van der Waals surface area contributed by atoms with Gasteiger partial charge in [-0.2, -0.15) is 0 Å². The monoisotopic (exact) mass is 226 g/mol. The Kier molecular flexibility index (Phi) is 3.10. The van der Waals surface area contributed by atoms with Gasteiger partial charge in [-0.05, 0) is 40.0 Å². The number of carbonyl (C=O) groups is 1. The number of amides is 1. The van der Waals surface area contributed by atoms with Crippen LogP contribution in [0.2, 0.25) is 0 Å². The summed E-state index contributed by atoms with van der Waals surface area (Å²) in [7, 11) is 0. The maximum Gasteiger partial charge on any atom is 0.410 e. The molecule has 2 aliphatic heterocycles. The Morgan fingerprint density at radius 3 is 2.31 bits per heavy atom. The van der Waals surface area contributed by atoms with Gasteiger partial charge in [0.15, 0.2) is 0 Å². The highest BCUT2D eigenvalue weighted by atomic mass is 16.6. The lowest BCUT2D eigenvalue weighted by Gasteiger charge is -2.46. The molecular weight excluding hydrogens is 204 g/mol. The summed E-state index contributed by atoms with van der Waals surface area (Å²) in [6.45, 7) is 7.58. The van der Waals surface area contributed by atoms with Gasteiger partial charge < -0.3 is 10.1 Å². The summed E-state index contributed by atoms with van der Waals surface area (Å²) in [6, 6.07) is 0.671. The molecule has 2 saturated heterocycles. The van der Waals surface area contributed by atoms with E-state index in [0.717, 1.165) is 25.9 Å². The van der Waals surface area contributed by atoms with Crippen molar-refractivity contribution in [2.45, 2.75) is 57.7 Å². The highest BCUT2D eigenvalue weighted by molar-refractivity contribution is 5.69. The Morgan fingerprint density at radius 2 is 1.81 bits per heavy atom. The van der Waals surface area contributed by atoms with Crippen LogP contribution in [-0.4, -0.2) is 41.8 Å². The molecule has 0 saturated carbocycles. The third kappa shape index (κ3) is 2.48. The minimum Gasteiger partial charge on any atom is -0.444 e. The van der Waals surface area contributed by atoms with Crippen molar-refractivity contribution < 1.29 is 9.53 Å². The molecule has 4 nitrogen and oxygen atoms in total. The van der Waals surface area contributed by atoms with Crippen LogP contribution in [0.15, 0.2) is 0 Å². The van der Waals surface area contributed by atoms with E-state index in [4.69, 9.17) is 4.74 Å². The molecule has 0 aromatic carbocycles. The topological polar surface area (TPSA) is 41.6 Å². The summed E-state index contributed by atoms with van der Waals surface area (Å²) in [5.41, 5.74) is -0.393. The first-order valence-electron chi connectivity index (χ1n) is 6.19. The first kappa shape index (κ1) is 11.7. The first-order chi connectivity index (χ1) is 7.47. The largest absolute Gasteiger partial charge is 0.444 e. The minimum atomic E-state index is -0.393. The van der Waals surface area contributed by atoms with Crippen molar-refractivity contribution in [3.8, 4) is 0 Å².